The number of carbonyl (C=O) groups excluding carboxylic acids is 2. The van der Waals surface area contributed by atoms with Gasteiger partial charge in [0.05, 0.1) is 11.1 Å². The molecule has 1 aliphatic heterocycles. The molecule has 4 rings (SSSR count). The van der Waals surface area contributed by atoms with Crippen molar-refractivity contribution < 1.29 is 14.7 Å². The van der Waals surface area contributed by atoms with Crippen molar-refractivity contribution in [2.24, 2.45) is 0 Å². The van der Waals surface area contributed by atoms with Crippen molar-refractivity contribution in [3.63, 3.8) is 0 Å². The van der Waals surface area contributed by atoms with Gasteiger partial charge in [-0.3, -0.25) is 19.5 Å². The molecule has 1 saturated heterocycles. The van der Waals surface area contributed by atoms with Gasteiger partial charge in [-0.15, -0.1) is 0 Å². The van der Waals surface area contributed by atoms with Gasteiger partial charge in [0.2, 0.25) is 5.91 Å². The number of urea groups is 1. The van der Waals surface area contributed by atoms with E-state index in [9.17, 15) is 19.5 Å². The zero-order valence-corrected chi connectivity index (χ0v) is 17.6. The Bertz CT molecular complexity index is 1180. The molecular formula is C22H20ClN5O4. The highest BCUT2D eigenvalue weighted by Crippen LogP contribution is 2.22. The summed E-state index contributed by atoms with van der Waals surface area (Å²) in [6.07, 6.45) is 2.35. The Balaban J connectivity index is 1.44. The Morgan fingerprint density at radius 1 is 1.06 bits per heavy atom. The number of hydrogen-bond acceptors (Lipinski definition) is 5. The number of anilines is 2. The van der Waals surface area contributed by atoms with Gasteiger partial charge in [-0.25, -0.2) is 9.78 Å². The maximum absolute atomic E-state index is 12.8. The van der Waals surface area contributed by atoms with E-state index in [1.807, 2.05) is 0 Å². The first-order valence-corrected chi connectivity index (χ1v) is 10.2. The molecule has 32 heavy (non-hydrogen) atoms. The van der Waals surface area contributed by atoms with E-state index in [0.717, 1.165) is 0 Å². The number of pyridine rings is 2. The van der Waals surface area contributed by atoms with E-state index in [-0.39, 0.29) is 24.3 Å². The average molecular weight is 454 g/mol. The van der Waals surface area contributed by atoms with Crippen LogP contribution in [-0.2, 0) is 4.79 Å². The van der Waals surface area contributed by atoms with Crippen LogP contribution < -0.4 is 16.2 Å². The quantitative estimate of drug-likeness (QED) is 0.561. The van der Waals surface area contributed by atoms with Crippen LogP contribution in [0.2, 0.25) is 5.02 Å². The van der Waals surface area contributed by atoms with Crippen LogP contribution >= 0.6 is 11.6 Å². The van der Waals surface area contributed by atoms with E-state index in [4.69, 9.17) is 11.6 Å². The smallest absolute Gasteiger partial charge is 0.323 e. The molecule has 1 aromatic carbocycles. The first-order chi connectivity index (χ1) is 15.4. The molecule has 0 spiro atoms. The van der Waals surface area contributed by atoms with Gasteiger partial charge in [0.15, 0.2) is 0 Å². The largest absolute Gasteiger partial charge is 0.391 e. The number of benzene rings is 1. The standard InChI is InChI=1S/C22H20ClN5O4/c23-14-4-9-19(24-12-14)26-22(32)28-13-17(29)11-18(28)21(31)25-15-5-7-16(8-6-15)27-10-2-1-3-20(27)30/h1-10,12,17-18,29H,11,13H2,(H,25,31)(H,24,26,32)/t17-,18-/m1/s1. The van der Waals surface area contributed by atoms with Gasteiger partial charge in [-0.05, 0) is 42.5 Å². The molecule has 2 aromatic heterocycles. The van der Waals surface area contributed by atoms with Gasteiger partial charge in [0.25, 0.3) is 5.56 Å². The zero-order chi connectivity index (χ0) is 22.7. The van der Waals surface area contributed by atoms with Crippen LogP contribution in [-0.4, -0.2) is 50.2 Å². The van der Waals surface area contributed by atoms with Crippen molar-refractivity contribution in [2.45, 2.75) is 18.6 Å². The second-order valence-electron chi connectivity index (χ2n) is 7.29. The van der Waals surface area contributed by atoms with E-state index >= 15 is 0 Å². The van der Waals surface area contributed by atoms with Gasteiger partial charge < -0.3 is 15.3 Å². The number of aliphatic hydroxyl groups is 1. The van der Waals surface area contributed by atoms with Gasteiger partial charge in [0.1, 0.15) is 11.9 Å². The molecule has 2 atom stereocenters. The molecule has 9 nitrogen and oxygen atoms in total. The Hall–Kier alpha value is -3.69. The third-order valence-electron chi connectivity index (χ3n) is 5.04. The first kappa shape index (κ1) is 21.5. The number of aliphatic hydroxyl groups excluding tert-OH is 1. The van der Waals surface area contributed by atoms with Crippen molar-refractivity contribution in [3.05, 3.63) is 82.4 Å². The van der Waals surface area contributed by atoms with Gasteiger partial charge in [0, 0.05) is 42.8 Å². The molecule has 1 fully saturated rings. The number of amides is 3. The molecule has 0 saturated carbocycles. The molecule has 10 heteroatoms. The van der Waals surface area contributed by atoms with Gasteiger partial charge in [-0.2, -0.15) is 0 Å². The number of likely N-dealkylation sites (tertiary alicyclic amines) is 1. The monoisotopic (exact) mass is 453 g/mol. The number of rotatable bonds is 4. The van der Waals surface area contributed by atoms with Gasteiger partial charge in [-0.1, -0.05) is 17.7 Å². The highest BCUT2D eigenvalue weighted by molar-refractivity contribution is 6.30. The molecular weight excluding hydrogens is 434 g/mol. The molecule has 0 radical (unpaired) electrons. The summed E-state index contributed by atoms with van der Waals surface area (Å²) < 4.78 is 1.48. The van der Waals surface area contributed by atoms with Crippen LogP contribution in [0.1, 0.15) is 6.42 Å². The molecule has 1 aliphatic rings. The maximum Gasteiger partial charge on any atom is 0.323 e. The fourth-order valence-corrected chi connectivity index (χ4v) is 3.60. The number of halogens is 1. The van der Waals surface area contributed by atoms with E-state index in [1.165, 1.54) is 21.7 Å². The normalized spacial score (nSPS) is 17.8. The lowest BCUT2D eigenvalue weighted by Crippen LogP contribution is -2.45. The third kappa shape index (κ3) is 4.79. The summed E-state index contributed by atoms with van der Waals surface area (Å²) in [4.78, 5) is 42.7. The predicted molar refractivity (Wildman–Crippen MR) is 120 cm³/mol. The second-order valence-corrected chi connectivity index (χ2v) is 7.73. The van der Waals surface area contributed by atoms with E-state index < -0.39 is 24.1 Å². The molecule has 0 aliphatic carbocycles. The summed E-state index contributed by atoms with van der Waals surface area (Å²) in [6, 6.07) is 13.3. The minimum atomic E-state index is -0.853. The summed E-state index contributed by atoms with van der Waals surface area (Å²) >= 11 is 5.80. The molecule has 3 amide bonds. The predicted octanol–water partition coefficient (Wildman–Crippen LogP) is 2.49. The fourth-order valence-electron chi connectivity index (χ4n) is 3.49. The van der Waals surface area contributed by atoms with Crippen molar-refractivity contribution in [1.29, 1.82) is 0 Å². The topological polar surface area (TPSA) is 117 Å². The van der Waals surface area contributed by atoms with Crippen molar-refractivity contribution in [3.8, 4) is 5.69 Å². The number of β-amino-alcohol motifs (C(OH)–C–C–N with tert-alkyl or cyclic N) is 1. The highest BCUT2D eigenvalue weighted by Gasteiger charge is 2.39. The summed E-state index contributed by atoms with van der Waals surface area (Å²) in [6.45, 7) is 0.0212. The number of nitrogens with one attached hydrogen (secondary N) is 2. The number of hydrogen-bond donors (Lipinski definition) is 3. The Morgan fingerprint density at radius 3 is 2.53 bits per heavy atom. The minimum absolute atomic E-state index is 0.0212. The highest BCUT2D eigenvalue weighted by atomic mass is 35.5. The average Bonchev–Trinajstić information content (AvgIpc) is 3.18. The van der Waals surface area contributed by atoms with Gasteiger partial charge >= 0.3 is 6.03 Å². The van der Waals surface area contributed by atoms with E-state index in [0.29, 0.717) is 16.4 Å². The van der Waals surface area contributed by atoms with E-state index in [1.54, 1.807) is 54.7 Å². The summed E-state index contributed by atoms with van der Waals surface area (Å²) in [7, 11) is 0. The van der Waals surface area contributed by atoms with Crippen molar-refractivity contribution >= 4 is 35.0 Å². The second kappa shape index (κ2) is 9.21. The van der Waals surface area contributed by atoms with Crippen molar-refractivity contribution in [1.82, 2.24) is 14.5 Å². The minimum Gasteiger partial charge on any atom is -0.391 e. The lowest BCUT2D eigenvalue weighted by molar-refractivity contribution is -0.119. The number of nitrogens with zero attached hydrogens (tertiary/aromatic N) is 3. The fraction of sp³-hybridized carbons (Fsp3) is 0.182. The Kier molecular flexibility index (Phi) is 6.20. The lowest BCUT2D eigenvalue weighted by atomic mass is 10.1. The van der Waals surface area contributed by atoms with Crippen molar-refractivity contribution in [2.75, 3.05) is 17.2 Å². The maximum atomic E-state index is 12.8. The van der Waals surface area contributed by atoms with Crippen LogP contribution in [0.15, 0.2) is 71.8 Å². The zero-order valence-electron chi connectivity index (χ0n) is 16.8. The molecule has 0 bridgehead atoms. The summed E-state index contributed by atoms with van der Waals surface area (Å²) in [5.41, 5.74) is 0.992. The SMILES string of the molecule is O=C(Nc1ccc(-n2ccccc2=O)cc1)[C@H]1C[C@@H](O)CN1C(=O)Nc1ccc(Cl)cn1. The van der Waals surface area contributed by atoms with Crippen LogP contribution in [0.4, 0.5) is 16.3 Å². The number of aromatic nitrogens is 2. The van der Waals surface area contributed by atoms with Crippen LogP contribution in [0.5, 0.6) is 0 Å². The summed E-state index contributed by atoms with van der Waals surface area (Å²) in [5.74, 6) is -0.142. The first-order valence-electron chi connectivity index (χ1n) is 9.87. The molecule has 3 heterocycles. The Morgan fingerprint density at radius 2 is 1.84 bits per heavy atom. The molecule has 3 N–H and O–H groups in total. The molecule has 164 valence electrons. The van der Waals surface area contributed by atoms with E-state index in [2.05, 4.69) is 15.6 Å². The lowest BCUT2D eigenvalue weighted by Gasteiger charge is -2.23. The molecule has 3 aromatic rings. The Labute approximate surface area is 188 Å². The number of carbonyl (C=O) groups is 2. The van der Waals surface area contributed by atoms with Crippen LogP contribution in [0, 0.1) is 0 Å². The molecule has 0 unspecified atom stereocenters. The summed E-state index contributed by atoms with van der Waals surface area (Å²) in [5, 5.41) is 15.9. The van der Waals surface area contributed by atoms with Crippen LogP contribution in [0.25, 0.3) is 5.69 Å². The third-order valence-corrected chi connectivity index (χ3v) is 5.26. The van der Waals surface area contributed by atoms with Crippen LogP contribution in [0.3, 0.4) is 0 Å².